The molecule has 0 aliphatic heterocycles. The highest BCUT2D eigenvalue weighted by molar-refractivity contribution is 5.27. The van der Waals surface area contributed by atoms with Gasteiger partial charge < -0.3 is 5.32 Å². The maximum Gasteiger partial charge on any atom is 0.0116 e. The summed E-state index contributed by atoms with van der Waals surface area (Å²) in [5, 5.41) is 3.47. The number of aryl methyl sites for hydroxylation is 1. The van der Waals surface area contributed by atoms with Crippen LogP contribution in [0.5, 0.6) is 0 Å². The van der Waals surface area contributed by atoms with E-state index in [1.807, 2.05) is 0 Å². The molecule has 106 valence electrons. The number of rotatable bonds is 5. The molecule has 1 heteroatoms. The minimum atomic E-state index is 0.334. The molecular formula is C18H29N. The SMILES string of the molecule is CNC(CCc1cccc(C2CCC2)c1)C(C)(C)C. The standard InChI is InChI=1S/C18H29N/c1-18(2,3)17(19-4)12-11-14-7-5-10-16(13-14)15-8-6-9-15/h5,7,10,13,15,17,19H,6,8-9,11-12H2,1-4H3. The zero-order valence-corrected chi connectivity index (χ0v) is 13.0. The highest BCUT2D eigenvalue weighted by atomic mass is 14.9. The second-order valence-corrected chi connectivity index (χ2v) is 7.12. The molecule has 1 atom stereocenters. The molecular weight excluding hydrogens is 230 g/mol. The van der Waals surface area contributed by atoms with Gasteiger partial charge in [0.25, 0.3) is 0 Å². The van der Waals surface area contributed by atoms with E-state index in [9.17, 15) is 0 Å². The van der Waals surface area contributed by atoms with E-state index in [1.54, 1.807) is 5.56 Å². The van der Waals surface area contributed by atoms with Gasteiger partial charge in [0, 0.05) is 6.04 Å². The Morgan fingerprint density at radius 1 is 1.26 bits per heavy atom. The van der Waals surface area contributed by atoms with Crippen LogP contribution in [0.4, 0.5) is 0 Å². The van der Waals surface area contributed by atoms with Crippen LogP contribution in [0.1, 0.15) is 63.5 Å². The van der Waals surface area contributed by atoms with Gasteiger partial charge in [0.2, 0.25) is 0 Å². The van der Waals surface area contributed by atoms with Gasteiger partial charge in [-0.1, -0.05) is 51.5 Å². The van der Waals surface area contributed by atoms with Gasteiger partial charge in [0.05, 0.1) is 0 Å². The van der Waals surface area contributed by atoms with Crippen molar-refractivity contribution >= 4 is 0 Å². The molecule has 1 fully saturated rings. The molecule has 0 heterocycles. The maximum absolute atomic E-state index is 3.47. The Morgan fingerprint density at radius 3 is 2.53 bits per heavy atom. The van der Waals surface area contributed by atoms with Crippen molar-refractivity contribution in [2.24, 2.45) is 5.41 Å². The quantitative estimate of drug-likeness (QED) is 0.819. The first-order valence-corrected chi connectivity index (χ1v) is 7.77. The summed E-state index contributed by atoms with van der Waals surface area (Å²) in [7, 11) is 2.08. The van der Waals surface area contributed by atoms with E-state index in [4.69, 9.17) is 0 Å². The lowest BCUT2D eigenvalue weighted by molar-refractivity contribution is 0.268. The number of hydrogen-bond donors (Lipinski definition) is 1. The fourth-order valence-corrected chi connectivity index (χ4v) is 3.07. The van der Waals surface area contributed by atoms with Crippen LogP contribution in [0.2, 0.25) is 0 Å². The van der Waals surface area contributed by atoms with E-state index in [2.05, 4.69) is 57.4 Å². The lowest BCUT2D eigenvalue weighted by Crippen LogP contribution is -2.38. The Balaban J connectivity index is 1.95. The molecule has 1 aromatic rings. The van der Waals surface area contributed by atoms with E-state index in [1.165, 1.54) is 37.7 Å². The normalized spacial score (nSPS) is 18.1. The Labute approximate surface area is 118 Å². The first kappa shape index (κ1) is 14.6. The topological polar surface area (TPSA) is 12.0 Å². The van der Waals surface area contributed by atoms with Crippen molar-refractivity contribution in [2.45, 2.75) is 64.8 Å². The summed E-state index contributed by atoms with van der Waals surface area (Å²) in [5.41, 5.74) is 3.41. The second kappa shape index (κ2) is 6.09. The van der Waals surface area contributed by atoms with Crippen molar-refractivity contribution in [3.63, 3.8) is 0 Å². The molecule has 19 heavy (non-hydrogen) atoms. The van der Waals surface area contributed by atoms with Gasteiger partial charge in [-0.3, -0.25) is 0 Å². The zero-order valence-electron chi connectivity index (χ0n) is 13.0. The van der Waals surface area contributed by atoms with Crippen molar-refractivity contribution in [2.75, 3.05) is 7.05 Å². The third-order valence-corrected chi connectivity index (χ3v) is 4.64. The van der Waals surface area contributed by atoms with Crippen LogP contribution in [-0.2, 0) is 6.42 Å². The summed E-state index contributed by atoms with van der Waals surface area (Å²) in [6.07, 6.45) is 6.60. The van der Waals surface area contributed by atoms with E-state index in [-0.39, 0.29) is 0 Å². The van der Waals surface area contributed by atoms with E-state index >= 15 is 0 Å². The zero-order chi connectivity index (χ0) is 13.9. The fraction of sp³-hybridized carbons (Fsp3) is 0.667. The molecule has 1 aliphatic carbocycles. The fourth-order valence-electron chi connectivity index (χ4n) is 3.07. The Bertz CT molecular complexity index is 398. The highest BCUT2D eigenvalue weighted by Crippen LogP contribution is 2.36. The van der Waals surface area contributed by atoms with Crippen LogP contribution in [-0.4, -0.2) is 13.1 Å². The number of nitrogens with one attached hydrogen (secondary N) is 1. The molecule has 1 aliphatic rings. The van der Waals surface area contributed by atoms with E-state index in [0.717, 1.165) is 5.92 Å². The number of benzene rings is 1. The molecule has 1 aromatic carbocycles. The summed E-state index contributed by atoms with van der Waals surface area (Å²) in [6, 6.07) is 9.87. The third-order valence-electron chi connectivity index (χ3n) is 4.64. The highest BCUT2D eigenvalue weighted by Gasteiger charge is 2.23. The minimum Gasteiger partial charge on any atom is -0.316 e. The van der Waals surface area contributed by atoms with Gasteiger partial charge in [0.1, 0.15) is 0 Å². The van der Waals surface area contributed by atoms with Crippen LogP contribution >= 0.6 is 0 Å². The average molecular weight is 259 g/mol. The van der Waals surface area contributed by atoms with Gasteiger partial charge in [-0.05, 0) is 55.2 Å². The van der Waals surface area contributed by atoms with E-state index in [0.29, 0.717) is 11.5 Å². The molecule has 0 amide bonds. The maximum atomic E-state index is 3.47. The average Bonchev–Trinajstić information content (AvgIpc) is 2.26. The lowest BCUT2D eigenvalue weighted by atomic mass is 9.79. The van der Waals surface area contributed by atoms with Crippen LogP contribution in [0, 0.1) is 5.41 Å². The Kier molecular flexibility index (Phi) is 4.67. The molecule has 1 unspecified atom stereocenters. The van der Waals surface area contributed by atoms with Crippen molar-refractivity contribution in [3.8, 4) is 0 Å². The number of hydrogen-bond acceptors (Lipinski definition) is 1. The lowest BCUT2D eigenvalue weighted by Gasteiger charge is -2.30. The van der Waals surface area contributed by atoms with Crippen LogP contribution in [0.25, 0.3) is 0 Å². The first-order valence-electron chi connectivity index (χ1n) is 7.77. The molecule has 0 spiro atoms. The van der Waals surface area contributed by atoms with Crippen LogP contribution < -0.4 is 5.32 Å². The Morgan fingerprint density at radius 2 is 2.00 bits per heavy atom. The molecule has 1 saturated carbocycles. The van der Waals surface area contributed by atoms with Gasteiger partial charge in [-0.15, -0.1) is 0 Å². The van der Waals surface area contributed by atoms with E-state index < -0.39 is 0 Å². The van der Waals surface area contributed by atoms with Gasteiger partial charge in [-0.2, -0.15) is 0 Å². The third kappa shape index (κ3) is 3.82. The second-order valence-electron chi connectivity index (χ2n) is 7.12. The molecule has 1 nitrogen and oxygen atoms in total. The van der Waals surface area contributed by atoms with Crippen molar-refractivity contribution < 1.29 is 0 Å². The molecule has 0 saturated heterocycles. The van der Waals surface area contributed by atoms with Crippen molar-refractivity contribution in [3.05, 3.63) is 35.4 Å². The van der Waals surface area contributed by atoms with Crippen molar-refractivity contribution in [1.29, 1.82) is 0 Å². The molecule has 2 rings (SSSR count). The summed E-state index contributed by atoms with van der Waals surface area (Å²) >= 11 is 0. The van der Waals surface area contributed by atoms with Gasteiger partial charge in [-0.25, -0.2) is 0 Å². The molecule has 1 N–H and O–H groups in total. The van der Waals surface area contributed by atoms with Gasteiger partial charge >= 0.3 is 0 Å². The predicted octanol–water partition coefficient (Wildman–Crippen LogP) is 4.52. The largest absolute Gasteiger partial charge is 0.316 e. The molecule has 0 radical (unpaired) electrons. The predicted molar refractivity (Wildman–Crippen MR) is 83.7 cm³/mol. The summed E-state index contributed by atoms with van der Waals surface area (Å²) in [4.78, 5) is 0. The minimum absolute atomic E-state index is 0.334. The smallest absolute Gasteiger partial charge is 0.0116 e. The molecule has 0 aromatic heterocycles. The summed E-state index contributed by atoms with van der Waals surface area (Å²) < 4.78 is 0. The van der Waals surface area contributed by atoms with Crippen molar-refractivity contribution in [1.82, 2.24) is 5.32 Å². The summed E-state index contributed by atoms with van der Waals surface area (Å²) in [6.45, 7) is 6.96. The van der Waals surface area contributed by atoms with Crippen LogP contribution in [0.15, 0.2) is 24.3 Å². The monoisotopic (exact) mass is 259 g/mol. The molecule has 0 bridgehead atoms. The van der Waals surface area contributed by atoms with Crippen LogP contribution in [0.3, 0.4) is 0 Å². The van der Waals surface area contributed by atoms with Gasteiger partial charge in [0.15, 0.2) is 0 Å². The summed E-state index contributed by atoms with van der Waals surface area (Å²) in [5.74, 6) is 0.850. The first-order chi connectivity index (χ1) is 9.00. The Hall–Kier alpha value is -0.820.